The van der Waals surface area contributed by atoms with Crippen LogP contribution >= 0.6 is 0 Å². The number of aliphatic carboxylic acids is 1. The topological polar surface area (TPSA) is 57.6 Å². The number of amides is 1. The normalized spacial score (nSPS) is 32.0. The van der Waals surface area contributed by atoms with Crippen LogP contribution in [0.5, 0.6) is 0 Å². The third-order valence-electron chi connectivity index (χ3n) is 4.62. The fourth-order valence-electron chi connectivity index (χ4n) is 3.36. The lowest BCUT2D eigenvalue weighted by Gasteiger charge is -2.44. The smallest absolute Gasteiger partial charge is 0.329 e. The van der Waals surface area contributed by atoms with Crippen LogP contribution < -0.4 is 0 Å². The van der Waals surface area contributed by atoms with Crippen LogP contribution in [0.15, 0.2) is 0 Å². The number of hydrogen-bond acceptors (Lipinski definition) is 2. The van der Waals surface area contributed by atoms with Gasteiger partial charge < -0.3 is 10.0 Å². The molecule has 2 rings (SSSR count). The molecule has 2 aliphatic rings. The molecular weight excluding hydrogens is 230 g/mol. The van der Waals surface area contributed by atoms with Gasteiger partial charge in [-0.25, -0.2) is 4.79 Å². The van der Waals surface area contributed by atoms with E-state index in [0.29, 0.717) is 18.8 Å². The minimum Gasteiger partial charge on any atom is -0.479 e. The van der Waals surface area contributed by atoms with E-state index in [9.17, 15) is 14.7 Å². The van der Waals surface area contributed by atoms with E-state index in [-0.39, 0.29) is 11.9 Å². The molecule has 2 saturated carbocycles. The minimum absolute atomic E-state index is 0.0742. The van der Waals surface area contributed by atoms with Crippen molar-refractivity contribution in [1.82, 2.24) is 4.90 Å². The maximum Gasteiger partial charge on any atom is 0.329 e. The lowest BCUT2D eigenvalue weighted by molar-refractivity contribution is -0.163. The standard InChI is InChI=1S/C14H23NO3/c1-3-11-6-8-14(9-7-11,13(17)18)15(10(2)16)12-4-5-12/h11-12H,3-9H2,1-2H3,(H,17,18). The number of hydrogen-bond donors (Lipinski definition) is 1. The third kappa shape index (κ3) is 2.25. The van der Waals surface area contributed by atoms with Gasteiger partial charge in [-0.05, 0) is 44.4 Å². The Bertz CT molecular complexity index is 341. The molecule has 0 bridgehead atoms. The molecule has 1 N–H and O–H groups in total. The summed E-state index contributed by atoms with van der Waals surface area (Å²) in [6.07, 6.45) is 6.14. The number of carbonyl (C=O) groups is 2. The molecule has 2 aliphatic carbocycles. The highest BCUT2D eigenvalue weighted by molar-refractivity contribution is 5.86. The SMILES string of the molecule is CCC1CCC(C(=O)O)(N(C(C)=O)C2CC2)CC1. The summed E-state index contributed by atoms with van der Waals surface area (Å²) in [6.45, 7) is 3.66. The van der Waals surface area contributed by atoms with Crippen molar-refractivity contribution in [3.63, 3.8) is 0 Å². The molecule has 0 unspecified atom stereocenters. The van der Waals surface area contributed by atoms with Gasteiger partial charge in [0.1, 0.15) is 5.54 Å². The number of nitrogens with zero attached hydrogens (tertiary/aromatic N) is 1. The summed E-state index contributed by atoms with van der Waals surface area (Å²) in [7, 11) is 0. The summed E-state index contributed by atoms with van der Waals surface area (Å²) in [6, 6.07) is 0.178. The van der Waals surface area contributed by atoms with Crippen molar-refractivity contribution in [3.05, 3.63) is 0 Å². The molecule has 0 spiro atoms. The Morgan fingerprint density at radius 2 is 1.78 bits per heavy atom. The van der Waals surface area contributed by atoms with Crippen LogP contribution in [0.3, 0.4) is 0 Å². The van der Waals surface area contributed by atoms with Gasteiger partial charge in [-0.2, -0.15) is 0 Å². The molecule has 1 amide bonds. The molecule has 0 heterocycles. The Morgan fingerprint density at radius 3 is 2.11 bits per heavy atom. The fraction of sp³-hybridized carbons (Fsp3) is 0.857. The van der Waals surface area contributed by atoms with E-state index in [1.165, 1.54) is 6.92 Å². The highest BCUT2D eigenvalue weighted by Crippen LogP contribution is 2.43. The van der Waals surface area contributed by atoms with Crippen LogP contribution in [0.4, 0.5) is 0 Å². The Hall–Kier alpha value is -1.06. The average Bonchev–Trinajstić information content (AvgIpc) is 3.13. The summed E-state index contributed by atoms with van der Waals surface area (Å²) in [4.78, 5) is 25.3. The van der Waals surface area contributed by atoms with Crippen molar-refractivity contribution in [3.8, 4) is 0 Å². The van der Waals surface area contributed by atoms with Crippen molar-refractivity contribution >= 4 is 11.9 Å². The van der Waals surface area contributed by atoms with Crippen LogP contribution in [0.25, 0.3) is 0 Å². The van der Waals surface area contributed by atoms with E-state index >= 15 is 0 Å². The molecule has 0 aromatic heterocycles. The molecule has 102 valence electrons. The zero-order valence-corrected chi connectivity index (χ0v) is 11.3. The molecule has 2 fully saturated rings. The summed E-state index contributed by atoms with van der Waals surface area (Å²) < 4.78 is 0. The van der Waals surface area contributed by atoms with Gasteiger partial charge in [0.15, 0.2) is 0 Å². The molecule has 0 aromatic carbocycles. The second kappa shape index (κ2) is 4.90. The van der Waals surface area contributed by atoms with Gasteiger partial charge in [-0.15, -0.1) is 0 Å². The van der Waals surface area contributed by atoms with E-state index < -0.39 is 11.5 Å². The zero-order valence-electron chi connectivity index (χ0n) is 11.3. The second-order valence-corrected chi connectivity index (χ2v) is 5.81. The maximum atomic E-state index is 11.8. The predicted molar refractivity (Wildman–Crippen MR) is 68.2 cm³/mol. The lowest BCUT2D eigenvalue weighted by atomic mass is 9.74. The van der Waals surface area contributed by atoms with Crippen molar-refractivity contribution in [1.29, 1.82) is 0 Å². The van der Waals surface area contributed by atoms with Gasteiger partial charge in [-0.3, -0.25) is 4.79 Å². The van der Waals surface area contributed by atoms with Crippen molar-refractivity contribution in [2.75, 3.05) is 0 Å². The zero-order chi connectivity index (χ0) is 13.3. The summed E-state index contributed by atoms with van der Waals surface area (Å²) in [5, 5.41) is 9.65. The maximum absolute atomic E-state index is 11.8. The third-order valence-corrected chi connectivity index (χ3v) is 4.62. The van der Waals surface area contributed by atoms with E-state index in [0.717, 1.165) is 32.1 Å². The molecule has 0 saturated heterocycles. The largest absolute Gasteiger partial charge is 0.479 e. The fourth-order valence-corrected chi connectivity index (χ4v) is 3.36. The minimum atomic E-state index is -0.918. The van der Waals surface area contributed by atoms with Gasteiger partial charge in [0.05, 0.1) is 0 Å². The first-order valence-corrected chi connectivity index (χ1v) is 7.04. The van der Waals surface area contributed by atoms with Crippen molar-refractivity contribution in [2.24, 2.45) is 5.92 Å². The number of carboxylic acid groups (broad SMARTS) is 1. The number of carboxylic acids is 1. The van der Waals surface area contributed by atoms with E-state index in [1.807, 2.05) is 0 Å². The molecule has 4 heteroatoms. The molecule has 18 heavy (non-hydrogen) atoms. The first-order valence-electron chi connectivity index (χ1n) is 7.04. The van der Waals surface area contributed by atoms with Gasteiger partial charge >= 0.3 is 5.97 Å². The quantitative estimate of drug-likeness (QED) is 0.837. The first-order chi connectivity index (χ1) is 8.51. The van der Waals surface area contributed by atoms with Crippen molar-refractivity contribution < 1.29 is 14.7 Å². The Morgan fingerprint density at radius 1 is 1.22 bits per heavy atom. The summed E-state index contributed by atoms with van der Waals surface area (Å²) in [5.74, 6) is -0.250. The molecule has 0 radical (unpaired) electrons. The van der Waals surface area contributed by atoms with E-state index in [1.54, 1.807) is 4.90 Å². The monoisotopic (exact) mass is 253 g/mol. The molecule has 0 aliphatic heterocycles. The first kappa shape index (κ1) is 13.4. The summed E-state index contributed by atoms with van der Waals surface area (Å²) in [5.41, 5.74) is -0.918. The number of rotatable bonds is 4. The van der Waals surface area contributed by atoms with E-state index in [4.69, 9.17) is 0 Å². The highest BCUT2D eigenvalue weighted by Gasteiger charge is 2.52. The highest BCUT2D eigenvalue weighted by atomic mass is 16.4. The van der Waals surface area contributed by atoms with Crippen LogP contribution in [-0.4, -0.2) is 33.5 Å². The van der Waals surface area contributed by atoms with Gasteiger partial charge in [0.25, 0.3) is 0 Å². The average molecular weight is 253 g/mol. The van der Waals surface area contributed by atoms with Gasteiger partial charge in [-0.1, -0.05) is 13.3 Å². The molecule has 0 aromatic rings. The summed E-state index contributed by atoms with van der Waals surface area (Å²) >= 11 is 0. The van der Waals surface area contributed by atoms with Crippen LogP contribution in [0, 0.1) is 5.92 Å². The van der Waals surface area contributed by atoms with E-state index in [2.05, 4.69) is 6.92 Å². The lowest BCUT2D eigenvalue weighted by Crippen LogP contribution is -2.59. The molecule has 4 nitrogen and oxygen atoms in total. The van der Waals surface area contributed by atoms with Crippen LogP contribution in [-0.2, 0) is 9.59 Å². The number of carbonyl (C=O) groups excluding carboxylic acids is 1. The van der Waals surface area contributed by atoms with Gasteiger partial charge in [0, 0.05) is 13.0 Å². The van der Waals surface area contributed by atoms with Gasteiger partial charge in [0.2, 0.25) is 5.91 Å². The molecular formula is C14H23NO3. The van der Waals surface area contributed by atoms with Crippen molar-refractivity contribution in [2.45, 2.75) is 70.4 Å². The molecule has 0 atom stereocenters. The second-order valence-electron chi connectivity index (χ2n) is 5.81. The van der Waals surface area contributed by atoms with Crippen LogP contribution in [0.2, 0.25) is 0 Å². The Labute approximate surface area is 108 Å². The predicted octanol–water partition coefficient (Wildman–Crippen LogP) is 2.42. The Kier molecular flexibility index (Phi) is 3.64. The van der Waals surface area contributed by atoms with Crippen LogP contribution in [0.1, 0.15) is 58.8 Å². The Balaban J connectivity index is 2.21.